The lowest BCUT2D eigenvalue weighted by Gasteiger charge is -2.13. The molecule has 0 bridgehead atoms. The molecule has 0 aliphatic carbocycles. The second-order valence-corrected chi connectivity index (χ2v) is 6.09. The van der Waals surface area contributed by atoms with E-state index in [4.69, 9.17) is 21.1 Å². The Balaban J connectivity index is 1.83. The van der Waals surface area contributed by atoms with Gasteiger partial charge in [-0.2, -0.15) is 4.98 Å². The van der Waals surface area contributed by atoms with Crippen molar-refractivity contribution in [1.82, 2.24) is 9.97 Å². The molecule has 0 spiro atoms. The Morgan fingerprint density at radius 3 is 2.35 bits per heavy atom. The first kappa shape index (κ1) is 16.4. The van der Waals surface area contributed by atoms with Crippen LogP contribution in [0.25, 0.3) is 21.7 Å². The van der Waals surface area contributed by atoms with Gasteiger partial charge in [-0.15, -0.1) is 0 Å². The third-order valence-corrected chi connectivity index (χ3v) is 4.36. The highest BCUT2D eigenvalue weighted by atomic mass is 35.5. The first-order valence-electron chi connectivity index (χ1n) is 8.03. The maximum atomic E-state index is 6.12. The Morgan fingerprint density at radius 2 is 1.58 bits per heavy atom. The molecule has 0 aliphatic rings. The summed E-state index contributed by atoms with van der Waals surface area (Å²) in [6.45, 7) is 0. The molecule has 5 nitrogen and oxygen atoms in total. The number of ether oxygens (including phenoxy) is 2. The molecule has 0 amide bonds. The highest BCUT2D eigenvalue weighted by molar-refractivity contribution is 6.28. The summed E-state index contributed by atoms with van der Waals surface area (Å²) < 4.78 is 10.7. The standard InChI is InChI=1S/C20H16ClN3O2/c1-25-17-10-15-16(11-18(17)26-2)23-20(21)24-19(15)22-14-8-7-12-5-3-4-6-13(12)9-14/h3-11H,1-2H3,(H,22,23,24). The molecule has 0 saturated carbocycles. The van der Waals surface area contributed by atoms with Gasteiger partial charge < -0.3 is 14.8 Å². The third kappa shape index (κ3) is 2.97. The minimum absolute atomic E-state index is 0.160. The van der Waals surface area contributed by atoms with Crippen molar-refractivity contribution in [3.63, 3.8) is 0 Å². The van der Waals surface area contributed by atoms with E-state index < -0.39 is 0 Å². The van der Waals surface area contributed by atoms with Crippen molar-refractivity contribution in [2.24, 2.45) is 0 Å². The zero-order valence-corrected chi connectivity index (χ0v) is 15.0. The number of hydrogen-bond donors (Lipinski definition) is 1. The Kier molecular flexibility index (Phi) is 4.22. The number of nitrogens with zero attached hydrogens (tertiary/aromatic N) is 2. The van der Waals surface area contributed by atoms with E-state index in [1.165, 1.54) is 5.39 Å². The molecule has 1 aromatic heterocycles. The number of aromatic nitrogens is 2. The summed E-state index contributed by atoms with van der Waals surface area (Å²) in [7, 11) is 3.18. The summed E-state index contributed by atoms with van der Waals surface area (Å²) in [5, 5.41) is 6.60. The summed E-state index contributed by atoms with van der Waals surface area (Å²) in [6.07, 6.45) is 0. The summed E-state index contributed by atoms with van der Waals surface area (Å²) in [6, 6.07) is 17.9. The fraction of sp³-hybridized carbons (Fsp3) is 0.100. The number of methoxy groups -OCH3 is 2. The summed E-state index contributed by atoms with van der Waals surface area (Å²) in [5.74, 6) is 1.80. The lowest BCUT2D eigenvalue weighted by atomic mass is 10.1. The molecule has 130 valence electrons. The molecule has 0 atom stereocenters. The van der Waals surface area contributed by atoms with Crippen molar-refractivity contribution in [2.45, 2.75) is 0 Å². The summed E-state index contributed by atoms with van der Waals surface area (Å²) >= 11 is 6.12. The number of hydrogen-bond acceptors (Lipinski definition) is 5. The largest absolute Gasteiger partial charge is 0.493 e. The maximum Gasteiger partial charge on any atom is 0.224 e. The van der Waals surface area contributed by atoms with Crippen LogP contribution in [-0.4, -0.2) is 24.2 Å². The maximum absolute atomic E-state index is 6.12. The van der Waals surface area contributed by atoms with Crippen molar-refractivity contribution >= 4 is 44.8 Å². The van der Waals surface area contributed by atoms with Crippen LogP contribution in [0.2, 0.25) is 5.28 Å². The van der Waals surface area contributed by atoms with Crippen LogP contribution in [0.4, 0.5) is 11.5 Å². The molecular formula is C20H16ClN3O2. The summed E-state index contributed by atoms with van der Waals surface area (Å²) in [5.41, 5.74) is 1.58. The average Bonchev–Trinajstić information content (AvgIpc) is 2.66. The molecule has 0 saturated heterocycles. The second kappa shape index (κ2) is 6.69. The van der Waals surface area contributed by atoms with Gasteiger partial charge in [-0.1, -0.05) is 30.3 Å². The second-order valence-electron chi connectivity index (χ2n) is 5.75. The zero-order valence-electron chi connectivity index (χ0n) is 14.3. The fourth-order valence-electron chi connectivity index (χ4n) is 2.93. The quantitative estimate of drug-likeness (QED) is 0.504. The minimum Gasteiger partial charge on any atom is -0.493 e. The molecule has 4 rings (SSSR count). The van der Waals surface area contributed by atoms with E-state index in [9.17, 15) is 0 Å². The molecule has 0 fully saturated rings. The van der Waals surface area contributed by atoms with Gasteiger partial charge in [0.15, 0.2) is 11.5 Å². The number of benzene rings is 3. The lowest BCUT2D eigenvalue weighted by Crippen LogP contribution is -1.99. The molecule has 0 unspecified atom stereocenters. The van der Waals surface area contributed by atoms with Gasteiger partial charge in [0.05, 0.1) is 19.7 Å². The predicted molar refractivity (Wildman–Crippen MR) is 105 cm³/mol. The highest BCUT2D eigenvalue weighted by Gasteiger charge is 2.13. The van der Waals surface area contributed by atoms with E-state index in [1.807, 2.05) is 24.3 Å². The highest BCUT2D eigenvalue weighted by Crippen LogP contribution is 2.35. The molecule has 0 aliphatic heterocycles. The molecular weight excluding hydrogens is 350 g/mol. The van der Waals surface area contributed by atoms with E-state index in [0.717, 1.165) is 16.5 Å². The van der Waals surface area contributed by atoms with Crippen LogP contribution in [-0.2, 0) is 0 Å². The molecule has 4 aromatic rings. The average molecular weight is 366 g/mol. The monoisotopic (exact) mass is 365 g/mol. The first-order chi connectivity index (χ1) is 12.7. The van der Waals surface area contributed by atoms with Crippen LogP contribution in [0.1, 0.15) is 0 Å². The fourth-order valence-corrected chi connectivity index (χ4v) is 3.10. The van der Waals surface area contributed by atoms with Crippen LogP contribution in [0.15, 0.2) is 54.6 Å². The number of fused-ring (bicyclic) bond motifs is 2. The predicted octanol–water partition coefficient (Wildman–Crippen LogP) is 5.20. The van der Waals surface area contributed by atoms with Crippen molar-refractivity contribution in [3.05, 3.63) is 59.9 Å². The normalized spacial score (nSPS) is 10.9. The Labute approximate surface area is 155 Å². The van der Waals surface area contributed by atoms with Gasteiger partial charge in [0, 0.05) is 17.1 Å². The number of nitrogens with one attached hydrogen (secondary N) is 1. The third-order valence-electron chi connectivity index (χ3n) is 4.19. The van der Waals surface area contributed by atoms with Crippen molar-refractivity contribution < 1.29 is 9.47 Å². The topological polar surface area (TPSA) is 56.3 Å². The van der Waals surface area contributed by atoms with E-state index in [0.29, 0.717) is 22.8 Å². The number of rotatable bonds is 4. The molecule has 3 aromatic carbocycles. The van der Waals surface area contributed by atoms with E-state index in [2.05, 4.69) is 39.6 Å². The molecule has 1 heterocycles. The van der Waals surface area contributed by atoms with Crippen molar-refractivity contribution in [3.8, 4) is 11.5 Å². The summed E-state index contributed by atoms with van der Waals surface area (Å²) in [4.78, 5) is 8.65. The van der Waals surface area contributed by atoms with Crippen LogP contribution in [0.5, 0.6) is 11.5 Å². The van der Waals surface area contributed by atoms with E-state index >= 15 is 0 Å². The van der Waals surface area contributed by atoms with Gasteiger partial charge in [-0.05, 0) is 40.6 Å². The minimum atomic E-state index is 0.160. The number of anilines is 2. The zero-order chi connectivity index (χ0) is 18.1. The van der Waals surface area contributed by atoms with Gasteiger partial charge in [-0.3, -0.25) is 0 Å². The van der Waals surface area contributed by atoms with Gasteiger partial charge in [0.25, 0.3) is 0 Å². The van der Waals surface area contributed by atoms with Crippen LogP contribution >= 0.6 is 11.6 Å². The smallest absolute Gasteiger partial charge is 0.224 e. The lowest BCUT2D eigenvalue weighted by molar-refractivity contribution is 0.356. The Morgan fingerprint density at radius 1 is 0.846 bits per heavy atom. The van der Waals surface area contributed by atoms with E-state index in [1.54, 1.807) is 20.3 Å². The van der Waals surface area contributed by atoms with Gasteiger partial charge in [0.2, 0.25) is 5.28 Å². The van der Waals surface area contributed by atoms with Gasteiger partial charge in [0.1, 0.15) is 5.82 Å². The molecule has 0 radical (unpaired) electrons. The van der Waals surface area contributed by atoms with Crippen LogP contribution < -0.4 is 14.8 Å². The SMILES string of the molecule is COc1cc2nc(Cl)nc(Nc3ccc4ccccc4c3)c2cc1OC. The molecule has 1 N–H and O–H groups in total. The number of halogens is 1. The molecule has 26 heavy (non-hydrogen) atoms. The van der Waals surface area contributed by atoms with Crippen LogP contribution in [0, 0.1) is 0 Å². The van der Waals surface area contributed by atoms with Gasteiger partial charge in [-0.25, -0.2) is 4.98 Å². The Bertz CT molecular complexity index is 1110. The Hall–Kier alpha value is -3.05. The van der Waals surface area contributed by atoms with Crippen molar-refractivity contribution in [2.75, 3.05) is 19.5 Å². The first-order valence-corrected chi connectivity index (χ1v) is 8.41. The van der Waals surface area contributed by atoms with Gasteiger partial charge >= 0.3 is 0 Å². The van der Waals surface area contributed by atoms with E-state index in [-0.39, 0.29) is 5.28 Å². The van der Waals surface area contributed by atoms with Crippen molar-refractivity contribution in [1.29, 1.82) is 0 Å². The van der Waals surface area contributed by atoms with Crippen LogP contribution in [0.3, 0.4) is 0 Å². The molecule has 6 heteroatoms.